The number of carbonyl (C=O) groups excluding carboxylic acids is 1. The van der Waals surface area contributed by atoms with Gasteiger partial charge in [-0.3, -0.25) is 4.79 Å². The SMILES string of the molecule is CCC(C)(O)CSCC(N)C(=O)OC. The van der Waals surface area contributed by atoms with Gasteiger partial charge in [-0.05, 0) is 13.3 Å². The summed E-state index contributed by atoms with van der Waals surface area (Å²) >= 11 is 1.46. The van der Waals surface area contributed by atoms with Gasteiger partial charge in [0.25, 0.3) is 0 Å². The molecular weight excluding hydrogens is 202 g/mol. The smallest absolute Gasteiger partial charge is 0.323 e. The van der Waals surface area contributed by atoms with Crippen molar-refractivity contribution in [3.63, 3.8) is 0 Å². The molecule has 0 aliphatic rings. The highest BCUT2D eigenvalue weighted by Crippen LogP contribution is 2.16. The Kier molecular flexibility index (Phi) is 6.15. The monoisotopic (exact) mass is 221 g/mol. The van der Waals surface area contributed by atoms with E-state index in [1.54, 1.807) is 6.92 Å². The number of thioether (sulfide) groups is 1. The first kappa shape index (κ1) is 13.7. The molecule has 5 heteroatoms. The maximum absolute atomic E-state index is 10.9. The number of hydrogen-bond acceptors (Lipinski definition) is 5. The fraction of sp³-hybridized carbons (Fsp3) is 0.889. The second kappa shape index (κ2) is 6.27. The van der Waals surface area contributed by atoms with Gasteiger partial charge in [0, 0.05) is 11.5 Å². The summed E-state index contributed by atoms with van der Waals surface area (Å²) < 4.78 is 4.48. The minimum atomic E-state index is -0.680. The van der Waals surface area contributed by atoms with Gasteiger partial charge < -0.3 is 15.6 Å². The van der Waals surface area contributed by atoms with Crippen LogP contribution in [0.15, 0.2) is 0 Å². The highest BCUT2D eigenvalue weighted by atomic mass is 32.2. The lowest BCUT2D eigenvalue weighted by molar-refractivity contribution is -0.141. The van der Waals surface area contributed by atoms with E-state index in [0.29, 0.717) is 17.9 Å². The lowest BCUT2D eigenvalue weighted by atomic mass is 10.1. The standard InChI is InChI=1S/C9H19NO3S/c1-4-9(2,12)6-14-5-7(10)8(11)13-3/h7,12H,4-6,10H2,1-3H3. The molecule has 0 saturated carbocycles. The van der Waals surface area contributed by atoms with Crippen LogP contribution in [0.2, 0.25) is 0 Å². The van der Waals surface area contributed by atoms with Gasteiger partial charge in [-0.15, -0.1) is 0 Å². The third kappa shape index (κ3) is 5.47. The average Bonchev–Trinajstić information content (AvgIpc) is 2.16. The summed E-state index contributed by atoms with van der Waals surface area (Å²) in [5, 5.41) is 9.65. The van der Waals surface area contributed by atoms with Crippen LogP contribution in [0.1, 0.15) is 20.3 Å². The van der Waals surface area contributed by atoms with Crippen LogP contribution in [0.25, 0.3) is 0 Å². The van der Waals surface area contributed by atoms with E-state index in [1.165, 1.54) is 18.9 Å². The zero-order valence-electron chi connectivity index (χ0n) is 8.95. The first-order valence-electron chi connectivity index (χ1n) is 4.56. The van der Waals surface area contributed by atoms with E-state index in [2.05, 4.69) is 4.74 Å². The molecule has 0 radical (unpaired) electrons. The van der Waals surface area contributed by atoms with Gasteiger partial charge in [0.2, 0.25) is 0 Å². The van der Waals surface area contributed by atoms with Crippen molar-refractivity contribution < 1.29 is 14.6 Å². The quantitative estimate of drug-likeness (QED) is 0.634. The molecule has 0 heterocycles. The van der Waals surface area contributed by atoms with Crippen LogP contribution in [0.4, 0.5) is 0 Å². The molecule has 0 amide bonds. The Balaban J connectivity index is 3.69. The molecule has 0 spiro atoms. The largest absolute Gasteiger partial charge is 0.468 e. The minimum Gasteiger partial charge on any atom is -0.468 e. The Labute approximate surface area is 89.2 Å². The van der Waals surface area contributed by atoms with E-state index in [1.807, 2.05) is 6.92 Å². The van der Waals surface area contributed by atoms with Crippen LogP contribution in [-0.4, -0.2) is 41.3 Å². The molecule has 14 heavy (non-hydrogen) atoms. The number of hydrogen-bond donors (Lipinski definition) is 2. The van der Waals surface area contributed by atoms with E-state index >= 15 is 0 Å². The zero-order chi connectivity index (χ0) is 11.2. The molecule has 3 N–H and O–H groups in total. The molecule has 0 rings (SSSR count). The van der Waals surface area contributed by atoms with E-state index in [0.717, 1.165) is 0 Å². The van der Waals surface area contributed by atoms with Crippen LogP contribution in [0.5, 0.6) is 0 Å². The average molecular weight is 221 g/mol. The molecule has 0 aliphatic carbocycles. The Bertz CT molecular complexity index is 185. The molecular formula is C9H19NO3S. The topological polar surface area (TPSA) is 72.5 Å². The number of ether oxygens (including phenoxy) is 1. The number of rotatable bonds is 6. The van der Waals surface area contributed by atoms with Gasteiger partial charge in [0.15, 0.2) is 0 Å². The predicted octanol–water partition coefficient (Wildman–Crippen LogP) is 0.381. The van der Waals surface area contributed by atoms with Gasteiger partial charge in [-0.1, -0.05) is 6.92 Å². The molecule has 4 nitrogen and oxygen atoms in total. The van der Waals surface area contributed by atoms with Crippen LogP contribution in [0.3, 0.4) is 0 Å². The molecule has 84 valence electrons. The summed E-state index contributed by atoms with van der Waals surface area (Å²) in [4.78, 5) is 10.9. The van der Waals surface area contributed by atoms with Crippen molar-refractivity contribution >= 4 is 17.7 Å². The lowest BCUT2D eigenvalue weighted by Gasteiger charge is -2.21. The fourth-order valence-corrected chi connectivity index (χ4v) is 1.88. The number of aliphatic hydroxyl groups is 1. The first-order valence-corrected chi connectivity index (χ1v) is 5.72. The van der Waals surface area contributed by atoms with Crippen LogP contribution >= 0.6 is 11.8 Å². The zero-order valence-corrected chi connectivity index (χ0v) is 9.76. The Morgan fingerprint density at radius 2 is 2.29 bits per heavy atom. The minimum absolute atomic E-state index is 0.409. The molecule has 0 aromatic rings. The summed E-state index contributed by atoms with van der Waals surface area (Å²) in [5.41, 5.74) is 4.84. The summed E-state index contributed by atoms with van der Waals surface area (Å²) in [6.07, 6.45) is 0.688. The van der Waals surface area contributed by atoms with E-state index in [4.69, 9.17) is 5.73 Å². The van der Waals surface area contributed by atoms with E-state index < -0.39 is 17.6 Å². The number of carbonyl (C=O) groups is 1. The highest BCUT2D eigenvalue weighted by molar-refractivity contribution is 7.99. The predicted molar refractivity (Wildman–Crippen MR) is 58.2 cm³/mol. The lowest BCUT2D eigenvalue weighted by Crippen LogP contribution is -2.35. The Hall–Kier alpha value is -0.260. The maximum atomic E-state index is 10.9. The number of nitrogens with two attached hydrogens (primary N) is 1. The van der Waals surface area contributed by atoms with Gasteiger partial charge in [-0.25, -0.2) is 0 Å². The first-order chi connectivity index (χ1) is 6.43. The maximum Gasteiger partial charge on any atom is 0.323 e. The highest BCUT2D eigenvalue weighted by Gasteiger charge is 2.19. The van der Waals surface area contributed by atoms with Crippen LogP contribution in [0, 0.1) is 0 Å². The summed E-state index contributed by atoms with van der Waals surface area (Å²) in [5.74, 6) is 0.644. The van der Waals surface area contributed by atoms with Gasteiger partial charge in [0.1, 0.15) is 6.04 Å². The molecule has 2 atom stereocenters. The van der Waals surface area contributed by atoms with Crippen LogP contribution in [-0.2, 0) is 9.53 Å². The Morgan fingerprint density at radius 3 is 2.71 bits per heavy atom. The molecule has 2 unspecified atom stereocenters. The van der Waals surface area contributed by atoms with Crippen molar-refractivity contribution in [3.05, 3.63) is 0 Å². The van der Waals surface area contributed by atoms with Crippen molar-refractivity contribution in [2.75, 3.05) is 18.6 Å². The molecule has 0 aromatic heterocycles. The molecule has 0 fully saturated rings. The van der Waals surface area contributed by atoms with Crippen LogP contribution < -0.4 is 5.73 Å². The van der Waals surface area contributed by atoms with Gasteiger partial charge in [0.05, 0.1) is 12.7 Å². The van der Waals surface area contributed by atoms with Gasteiger partial charge in [-0.2, -0.15) is 11.8 Å². The summed E-state index contributed by atoms with van der Waals surface area (Å²) in [7, 11) is 1.31. The van der Waals surface area contributed by atoms with E-state index in [-0.39, 0.29) is 0 Å². The summed E-state index contributed by atoms with van der Waals surface area (Å²) in [6.45, 7) is 3.68. The fourth-order valence-electron chi connectivity index (χ4n) is 0.727. The summed E-state index contributed by atoms with van der Waals surface area (Å²) in [6, 6.07) is -0.599. The van der Waals surface area contributed by atoms with Crippen molar-refractivity contribution in [2.45, 2.75) is 31.9 Å². The second-order valence-electron chi connectivity index (χ2n) is 3.50. The van der Waals surface area contributed by atoms with Gasteiger partial charge >= 0.3 is 5.97 Å². The number of esters is 1. The van der Waals surface area contributed by atoms with E-state index in [9.17, 15) is 9.90 Å². The number of methoxy groups -OCH3 is 1. The molecule has 0 bridgehead atoms. The van der Waals surface area contributed by atoms with Crippen molar-refractivity contribution in [1.29, 1.82) is 0 Å². The van der Waals surface area contributed by atoms with Crippen molar-refractivity contribution in [1.82, 2.24) is 0 Å². The normalized spacial score (nSPS) is 17.2. The molecule has 0 saturated heterocycles. The third-order valence-electron chi connectivity index (χ3n) is 1.98. The molecule has 0 aromatic carbocycles. The Morgan fingerprint density at radius 1 is 1.71 bits per heavy atom. The van der Waals surface area contributed by atoms with Crippen molar-refractivity contribution in [2.24, 2.45) is 5.73 Å². The van der Waals surface area contributed by atoms with Crippen molar-refractivity contribution in [3.8, 4) is 0 Å². The second-order valence-corrected chi connectivity index (χ2v) is 4.53. The third-order valence-corrected chi connectivity index (χ3v) is 3.40. The molecule has 0 aliphatic heterocycles.